The number of carbonyl (C=O) groups is 1. The van der Waals surface area contributed by atoms with Gasteiger partial charge in [0.15, 0.2) is 5.78 Å². The van der Waals surface area contributed by atoms with E-state index in [9.17, 15) is 13.2 Å². The van der Waals surface area contributed by atoms with Gasteiger partial charge >= 0.3 is 0 Å². The second-order valence-corrected chi connectivity index (χ2v) is 13.0. The summed E-state index contributed by atoms with van der Waals surface area (Å²) < 4.78 is 32.9. The summed E-state index contributed by atoms with van der Waals surface area (Å²) in [5.41, 5.74) is 4.92. The number of benzene rings is 5. The number of nitrogens with one attached hydrogen (secondary N) is 2. The van der Waals surface area contributed by atoms with Crippen molar-refractivity contribution < 1.29 is 17.9 Å². The van der Waals surface area contributed by atoms with Gasteiger partial charge in [-0.05, 0) is 41.5 Å². The molecule has 5 aromatic carbocycles. The molecule has 7 nitrogen and oxygen atoms in total. The van der Waals surface area contributed by atoms with Gasteiger partial charge in [0.2, 0.25) is 10.0 Å². The van der Waals surface area contributed by atoms with Crippen LogP contribution in [0.15, 0.2) is 127 Å². The molecule has 1 aromatic heterocycles. The summed E-state index contributed by atoms with van der Waals surface area (Å²) in [7, 11) is -3.58. The molecule has 1 atom stereocenters. The average Bonchev–Trinajstić information content (AvgIpc) is 3.43. The Bertz CT molecular complexity index is 2030. The van der Waals surface area contributed by atoms with Crippen LogP contribution in [-0.4, -0.2) is 38.6 Å². The van der Waals surface area contributed by atoms with Gasteiger partial charge in [-0.1, -0.05) is 91.0 Å². The molecule has 0 aliphatic heterocycles. The van der Waals surface area contributed by atoms with Gasteiger partial charge in [-0.2, -0.15) is 0 Å². The van der Waals surface area contributed by atoms with Crippen molar-refractivity contribution in [3.8, 4) is 5.75 Å². The van der Waals surface area contributed by atoms with Crippen molar-refractivity contribution in [1.29, 1.82) is 0 Å². The van der Waals surface area contributed by atoms with Crippen LogP contribution in [0.2, 0.25) is 0 Å². The summed E-state index contributed by atoms with van der Waals surface area (Å²) in [6.45, 7) is 0.714. The molecule has 1 heterocycles. The first kappa shape index (κ1) is 30.1. The molecule has 0 fully saturated rings. The highest BCUT2D eigenvalue weighted by molar-refractivity contribution is 7.92. The number of aromatic amines is 1. The van der Waals surface area contributed by atoms with Crippen LogP contribution in [0.5, 0.6) is 5.75 Å². The highest BCUT2D eigenvalue weighted by Gasteiger charge is 2.20. The first-order valence-corrected chi connectivity index (χ1v) is 16.8. The van der Waals surface area contributed by atoms with Gasteiger partial charge in [0.25, 0.3) is 0 Å². The highest BCUT2D eigenvalue weighted by Crippen LogP contribution is 2.29. The Labute approximate surface area is 263 Å². The van der Waals surface area contributed by atoms with Gasteiger partial charge in [0.05, 0.1) is 37.2 Å². The van der Waals surface area contributed by atoms with Crippen molar-refractivity contribution in [3.63, 3.8) is 0 Å². The van der Waals surface area contributed by atoms with Crippen LogP contribution in [-0.2, 0) is 16.6 Å². The molecule has 8 heteroatoms. The summed E-state index contributed by atoms with van der Waals surface area (Å²) in [6.07, 6.45) is 1.82. The van der Waals surface area contributed by atoms with E-state index in [4.69, 9.17) is 4.74 Å². The number of aromatic nitrogens is 1. The Balaban J connectivity index is 1.13. The van der Waals surface area contributed by atoms with Crippen molar-refractivity contribution in [1.82, 2.24) is 10.3 Å². The summed E-state index contributed by atoms with van der Waals surface area (Å²) >= 11 is 0. The number of fused-ring (bicyclic) bond motifs is 3. The van der Waals surface area contributed by atoms with Crippen molar-refractivity contribution in [3.05, 3.63) is 144 Å². The maximum absolute atomic E-state index is 13.4. The van der Waals surface area contributed by atoms with Crippen molar-refractivity contribution in [2.24, 2.45) is 0 Å². The lowest BCUT2D eigenvalue weighted by Crippen LogP contribution is -2.30. The summed E-state index contributed by atoms with van der Waals surface area (Å²) in [5, 5.41) is 5.76. The quantitative estimate of drug-likeness (QED) is 0.133. The Morgan fingerprint density at radius 1 is 0.800 bits per heavy atom. The van der Waals surface area contributed by atoms with E-state index < -0.39 is 10.0 Å². The number of carbonyl (C=O) groups excluding carboxylic acids is 1. The lowest BCUT2D eigenvalue weighted by atomic mass is 10.0. The molecule has 0 radical (unpaired) electrons. The molecule has 1 unspecified atom stereocenters. The standard InChI is InChI=1S/C37H35N3O4S/c1-45(42,43)40(26-27-11-4-2-5-12-27)30-16-10-15-29(23-30)37(41)25-38-34(28-13-6-3-7-14-28)21-22-44-31-19-20-33-32-17-8-9-18-35(32)39-36(33)24-31/h2-20,23-24,34,38-39H,21-22,25-26H2,1H3. The van der Waals surface area contributed by atoms with Gasteiger partial charge in [-0.25, -0.2) is 8.42 Å². The van der Waals surface area contributed by atoms with Crippen LogP contribution >= 0.6 is 0 Å². The molecule has 0 spiro atoms. The number of ketones is 1. The molecule has 0 saturated carbocycles. The van der Waals surface area contributed by atoms with E-state index in [2.05, 4.69) is 28.5 Å². The average molecular weight is 618 g/mol. The number of anilines is 1. The molecule has 6 aromatic rings. The minimum absolute atomic E-state index is 0.0849. The maximum Gasteiger partial charge on any atom is 0.232 e. The van der Waals surface area contributed by atoms with Gasteiger partial charge in [-0.15, -0.1) is 0 Å². The van der Waals surface area contributed by atoms with Gasteiger partial charge in [0.1, 0.15) is 5.75 Å². The Morgan fingerprint density at radius 3 is 2.29 bits per heavy atom. The van der Waals surface area contributed by atoms with Crippen LogP contribution in [0.4, 0.5) is 5.69 Å². The molecule has 2 N–H and O–H groups in total. The predicted octanol–water partition coefficient (Wildman–Crippen LogP) is 7.27. The van der Waals surface area contributed by atoms with Crippen LogP contribution in [0.3, 0.4) is 0 Å². The molecule has 0 aliphatic rings. The summed E-state index contributed by atoms with van der Waals surface area (Å²) in [4.78, 5) is 16.8. The second kappa shape index (κ2) is 13.4. The van der Waals surface area contributed by atoms with E-state index in [0.29, 0.717) is 24.3 Å². The molecule has 0 aliphatic carbocycles. The number of Topliss-reactive ketones (excluding diaryl/α,β-unsaturated/α-hetero) is 1. The van der Waals surface area contributed by atoms with E-state index in [1.165, 1.54) is 15.9 Å². The lowest BCUT2D eigenvalue weighted by molar-refractivity contribution is 0.0985. The van der Waals surface area contributed by atoms with Crippen molar-refractivity contribution in [2.75, 3.05) is 23.7 Å². The zero-order valence-corrected chi connectivity index (χ0v) is 25.8. The normalized spacial score (nSPS) is 12.3. The fraction of sp³-hybridized carbons (Fsp3) is 0.162. The van der Waals surface area contributed by atoms with Gasteiger partial charge < -0.3 is 15.0 Å². The van der Waals surface area contributed by atoms with Crippen LogP contribution in [0.1, 0.15) is 33.9 Å². The lowest BCUT2D eigenvalue weighted by Gasteiger charge is -2.23. The number of hydrogen-bond acceptors (Lipinski definition) is 5. The summed E-state index contributed by atoms with van der Waals surface area (Å²) in [5.74, 6) is 0.649. The Hall–Kier alpha value is -4.92. The van der Waals surface area contributed by atoms with Crippen LogP contribution in [0, 0.1) is 0 Å². The smallest absolute Gasteiger partial charge is 0.232 e. The number of rotatable bonds is 13. The van der Waals surface area contributed by atoms with Crippen molar-refractivity contribution >= 4 is 43.3 Å². The largest absolute Gasteiger partial charge is 0.493 e. The van der Waals surface area contributed by atoms with E-state index in [1.807, 2.05) is 84.9 Å². The Morgan fingerprint density at radius 2 is 1.51 bits per heavy atom. The third-order valence-corrected chi connectivity index (χ3v) is 9.03. The third kappa shape index (κ3) is 7.25. The number of hydrogen-bond donors (Lipinski definition) is 2. The van der Waals surface area contributed by atoms with E-state index in [1.54, 1.807) is 24.3 Å². The summed E-state index contributed by atoms with van der Waals surface area (Å²) in [6, 6.07) is 40.4. The van der Waals surface area contributed by atoms with Gasteiger partial charge in [0, 0.05) is 40.4 Å². The zero-order valence-electron chi connectivity index (χ0n) is 25.0. The number of sulfonamides is 1. The monoisotopic (exact) mass is 617 g/mol. The number of H-pyrrole nitrogens is 1. The van der Waals surface area contributed by atoms with Crippen molar-refractivity contribution in [2.45, 2.75) is 19.0 Å². The number of ether oxygens (including phenoxy) is 1. The van der Waals surface area contributed by atoms with Gasteiger partial charge in [-0.3, -0.25) is 9.10 Å². The van der Waals surface area contributed by atoms with Crippen LogP contribution in [0.25, 0.3) is 21.8 Å². The molecule has 6 rings (SSSR count). The highest BCUT2D eigenvalue weighted by atomic mass is 32.2. The first-order valence-electron chi connectivity index (χ1n) is 14.9. The minimum Gasteiger partial charge on any atom is -0.493 e. The molecular weight excluding hydrogens is 582 g/mol. The zero-order chi connectivity index (χ0) is 31.2. The molecule has 228 valence electrons. The van der Waals surface area contributed by atoms with Crippen LogP contribution < -0.4 is 14.4 Å². The Kier molecular flexibility index (Phi) is 8.96. The van der Waals surface area contributed by atoms with E-state index >= 15 is 0 Å². The molecule has 0 saturated heterocycles. The minimum atomic E-state index is -3.58. The number of para-hydroxylation sites is 1. The SMILES string of the molecule is CS(=O)(=O)N(Cc1ccccc1)c1cccc(C(=O)CNC(CCOc2ccc3c(c2)[nH]c2ccccc23)c2ccccc2)c1. The second-order valence-electron chi connectivity index (χ2n) is 11.1. The van der Waals surface area contributed by atoms with E-state index in [0.717, 1.165) is 33.3 Å². The molecule has 0 amide bonds. The van der Waals surface area contributed by atoms with E-state index in [-0.39, 0.29) is 24.9 Å². The fourth-order valence-electron chi connectivity index (χ4n) is 5.59. The third-order valence-electron chi connectivity index (χ3n) is 7.89. The first-order chi connectivity index (χ1) is 21.8. The number of nitrogens with zero attached hydrogens (tertiary/aromatic N) is 1. The predicted molar refractivity (Wildman–Crippen MR) is 181 cm³/mol. The molecular formula is C37H35N3O4S. The maximum atomic E-state index is 13.4. The fourth-order valence-corrected chi connectivity index (χ4v) is 6.47. The molecule has 0 bridgehead atoms. The molecule has 45 heavy (non-hydrogen) atoms. The topological polar surface area (TPSA) is 91.5 Å².